The van der Waals surface area contributed by atoms with Gasteiger partial charge < -0.3 is 15.2 Å². The van der Waals surface area contributed by atoms with E-state index in [4.69, 9.17) is 10.3 Å². The number of aromatic nitrogens is 3. The lowest BCUT2D eigenvalue weighted by Gasteiger charge is -2.29. The van der Waals surface area contributed by atoms with Crippen molar-refractivity contribution in [3.05, 3.63) is 89.9 Å². The number of thioether (sulfide) groups is 1. The number of carbonyl (C=O) groups excluding carboxylic acids is 1. The van der Waals surface area contributed by atoms with Gasteiger partial charge >= 0.3 is 0 Å². The van der Waals surface area contributed by atoms with E-state index in [-0.39, 0.29) is 17.7 Å². The molecule has 0 unspecified atom stereocenters. The average Bonchev–Trinajstić information content (AvgIpc) is 3.38. The molecule has 31 heavy (non-hydrogen) atoms. The molecule has 7 nitrogen and oxygen atoms in total. The number of hydrogen-bond donors (Lipinski definition) is 1. The molecule has 2 aromatic heterocycles. The second kappa shape index (κ2) is 9.09. The number of furan rings is 1. The molecule has 8 heteroatoms. The van der Waals surface area contributed by atoms with Crippen molar-refractivity contribution in [1.82, 2.24) is 19.8 Å². The van der Waals surface area contributed by atoms with Gasteiger partial charge in [0.15, 0.2) is 5.82 Å². The summed E-state index contributed by atoms with van der Waals surface area (Å²) in [7, 11) is 1.82. The molecule has 0 aliphatic carbocycles. The van der Waals surface area contributed by atoms with Gasteiger partial charge in [-0.25, -0.2) is 4.68 Å². The van der Waals surface area contributed by atoms with Crippen LogP contribution in [0.3, 0.4) is 0 Å². The summed E-state index contributed by atoms with van der Waals surface area (Å²) in [6, 6.07) is 21.6. The van der Waals surface area contributed by atoms with E-state index in [0.717, 1.165) is 16.7 Å². The fourth-order valence-corrected chi connectivity index (χ4v) is 4.24. The van der Waals surface area contributed by atoms with Gasteiger partial charge in [-0.05, 0) is 24.1 Å². The van der Waals surface area contributed by atoms with Gasteiger partial charge in [-0.15, -0.1) is 10.2 Å². The van der Waals surface area contributed by atoms with E-state index in [1.165, 1.54) is 16.4 Å². The van der Waals surface area contributed by atoms with Crippen molar-refractivity contribution in [2.24, 2.45) is 0 Å². The summed E-state index contributed by atoms with van der Waals surface area (Å²) in [5, 5.41) is 8.76. The van der Waals surface area contributed by atoms with Gasteiger partial charge in [0.25, 0.3) is 0 Å². The fourth-order valence-electron chi connectivity index (χ4n) is 3.46. The zero-order valence-electron chi connectivity index (χ0n) is 17.3. The number of nitrogens with two attached hydrogens (primary N) is 1. The Morgan fingerprint density at radius 3 is 2.23 bits per heavy atom. The molecule has 4 rings (SSSR count). The summed E-state index contributed by atoms with van der Waals surface area (Å²) in [6.45, 7) is 1.84. The van der Waals surface area contributed by atoms with E-state index in [9.17, 15) is 4.79 Å². The Kier molecular flexibility index (Phi) is 6.08. The van der Waals surface area contributed by atoms with Gasteiger partial charge in [0.05, 0.1) is 23.6 Å². The maximum atomic E-state index is 13.1. The minimum absolute atomic E-state index is 0.0354. The lowest BCUT2D eigenvalue weighted by Crippen LogP contribution is -2.33. The minimum Gasteiger partial charge on any atom is -0.469 e. The van der Waals surface area contributed by atoms with Crippen LogP contribution < -0.4 is 5.84 Å². The molecule has 2 N–H and O–H groups in total. The van der Waals surface area contributed by atoms with Gasteiger partial charge in [0.2, 0.25) is 11.1 Å². The third-order valence-electron chi connectivity index (χ3n) is 5.10. The first kappa shape index (κ1) is 20.7. The van der Waals surface area contributed by atoms with Crippen molar-refractivity contribution in [2.75, 3.05) is 18.6 Å². The van der Waals surface area contributed by atoms with Crippen molar-refractivity contribution in [3.8, 4) is 11.4 Å². The number of benzene rings is 2. The van der Waals surface area contributed by atoms with Crippen LogP contribution in [-0.4, -0.2) is 38.5 Å². The van der Waals surface area contributed by atoms with E-state index in [2.05, 4.69) is 10.2 Å². The summed E-state index contributed by atoms with van der Waals surface area (Å²) in [5.74, 6) is 7.53. The highest BCUT2D eigenvalue weighted by Gasteiger charge is 2.24. The molecule has 0 bridgehead atoms. The summed E-state index contributed by atoms with van der Waals surface area (Å²) in [6.07, 6.45) is 1.58. The zero-order chi connectivity index (χ0) is 21.8. The van der Waals surface area contributed by atoms with Crippen molar-refractivity contribution in [1.29, 1.82) is 0 Å². The number of nitrogens with zero attached hydrogens (tertiary/aromatic N) is 4. The number of nitrogen functional groups attached to an aromatic ring is 1. The summed E-state index contributed by atoms with van der Waals surface area (Å²) >= 11 is 1.26. The molecule has 0 atom stereocenters. The molecule has 0 aliphatic rings. The monoisotopic (exact) mass is 433 g/mol. The predicted molar refractivity (Wildman–Crippen MR) is 121 cm³/mol. The molecule has 0 spiro atoms. The van der Waals surface area contributed by atoms with Crippen LogP contribution in [-0.2, 0) is 4.79 Å². The van der Waals surface area contributed by atoms with E-state index in [0.29, 0.717) is 16.7 Å². The molecular weight excluding hydrogens is 410 g/mol. The highest BCUT2D eigenvalue weighted by atomic mass is 32.2. The maximum absolute atomic E-state index is 13.1. The second-order valence-electron chi connectivity index (χ2n) is 7.08. The van der Waals surface area contributed by atoms with Crippen LogP contribution >= 0.6 is 11.8 Å². The molecule has 2 aromatic carbocycles. The van der Waals surface area contributed by atoms with Crippen LogP contribution in [0.15, 0.2) is 82.6 Å². The van der Waals surface area contributed by atoms with Gasteiger partial charge in [-0.1, -0.05) is 72.4 Å². The molecule has 0 saturated carbocycles. The van der Waals surface area contributed by atoms with Crippen LogP contribution in [0.5, 0.6) is 0 Å². The number of hydrogen-bond acceptors (Lipinski definition) is 6. The van der Waals surface area contributed by atoms with Gasteiger partial charge in [0, 0.05) is 7.05 Å². The van der Waals surface area contributed by atoms with Crippen molar-refractivity contribution in [2.45, 2.75) is 18.1 Å². The van der Waals surface area contributed by atoms with Crippen LogP contribution in [0.25, 0.3) is 11.4 Å². The lowest BCUT2D eigenvalue weighted by molar-refractivity contribution is -0.128. The summed E-state index contributed by atoms with van der Waals surface area (Å²) < 4.78 is 6.71. The Bertz CT molecular complexity index is 1120. The van der Waals surface area contributed by atoms with Crippen LogP contribution in [0.1, 0.15) is 22.9 Å². The van der Waals surface area contributed by atoms with Gasteiger partial charge in [-0.2, -0.15) is 0 Å². The number of carbonyl (C=O) groups is 1. The van der Waals surface area contributed by atoms with Crippen molar-refractivity contribution < 1.29 is 9.21 Å². The first-order valence-electron chi connectivity index (χ1n) is 9.79. The molecule has 4 aromatic rings. The third kappa shape index (κ3) is 4.34. The van der Waals surface area contributed by atoms with E-state index in [1.54, 1.807) is 17.2 Å². The van der Waals surface area contributed by atoms with E-state index >= 15 is 0 Å². The van der Waals surface area contributed by atoms with Gasteiger partial charge in [0.1, 0.15) is 5.76 Å². The van der Waals surface area contributed by atoms with E-state index in [1.807, 2.05) is 74.6 Å². The van der Waals surface area contributed by atoms with Crippen LogP contribution in [0, 0.1) is 6.92 Å². The summed E-state index contributed by atoms with van der Waals surface area (Å²) in [5.41, 5.74) is 2.88. The fraction of sp³-hybridized carbons (Fsp3) is 0.174. The first-order valence-corrected chi connectivity index (χ1v) is 10.8. The Morgan fingerprint density at radius 2 is 1.68 bits per heavy atom. The first-order chi connectivity index (χ1) is 15.1. The number of amides is 1. The van der Waals surface area contributed by atoms with Crippen LogP contribution in [0.2, 0.25) is 0 Å². The van der Waals surface area contributed by atoms with Crippen molar-refractivity contribution in [3.63, 3.8) is 0 Å². The predicted octanol–water partition coefficient (Wildman–Crippen LogP) is 3.90. The highest BCUT2D eigenvalue weighted by molar-refractivity contribution is 7.99. The van der Waals surface area contributed by atoms with Crippen LogP contribution in [0.4, 0.5) is 0 Å². The number of rotatable bonds is 7. The highest BCUT2D eigenvalue weighted by Crippen LogP contribution is 2.29. The largest absolute Gasteiger partial charge is 0.469 e. The number of aryl methyl sites for hydroxylation is 1. The Labute approximate surface area is 184 Å². The SMILES string of the molecule is Cc1occc1-c1nnc(SCC(=O)N(C)C(c2ccccc2)c2ccccc2)n1N. The lowest BCUT2D eigenvalue weighted by atomic mass is 9.97. The molecule has 2 heterocycles. The minimum atomic E-state index is -0.185. The smallest absolute Gasteiger partial charge is 0.233 e. The average molecular weight is 434 g/mol. The topological polar surface area (TPSA) is 90.2 Å². The second-order valence-corrected chi connectivity index (χ2v) is 8.03. The summed E-state index contributed by atoms with van der Waals surface area (Å²) in [4.78, 5) is 14.9. The molecular formula is C23H23N5O2S. The molecule has 0 radical (unpaired) electrons. The standard InChI is InChI=1S/C23H23N5O2S/c1-16-19(13-14-30-16)22-25-26-23(28(22)24)31-15-20(29)27(2)21(17-9-5-3-6-10-17)18-11-7-4-8-12-18/h3-14,21H,15,24H2,1-2H3. The molecule has 0 aliphatic heterocycles. The third-order valence-corrected chi connectivity index (χ3v) is 6.03. The van der Waals surface area contributed by atoms with Gasteiger partial charge in [-0.3, -0.25) is 4.79 Å². The molecule has 158 valence electrons. The quantitative estimate of drug-likeness (QED) is 0.351. The Balaban J connectivity index is 1.51. The van der Waals surface area contributed by atoms with E-state index < -0.39 is 0 Å². The zero-order valence-corrected chi connectivity index (χ0v) is 18.1. The molecule has 0 saturated heterocycles. The van der Waals surface area contributed by atoms with Crippen molar-refractivity contribution >= 4 is 17.7 Å². The normalized spacial score (nSPS) is 11.1. The maximum Gasteiger partial charge on any atom is 0.233 e. The molecule has 0 fully saturated rings. The Hall–Kier alpha value is -3.52. The Morgan fingerprint density at radius 1 is 1.06 bits per heavy atom. The molecule has 1 amide bonds.